The summed E-state index contributed by atoms with van der Waals surface area (Å²) < 4.78 is 48.2. The summed E-state index contributed by atoms with van der Waals surface area (Å²) in [7, 11) is 1.52. The highest BCUT2D eigenvalue weighted by molar-refractivity contribution is 5.89. The smallest absolute Gasteiger partial charge is 0.408 e. The first-order valence-electron chi connectivity index (χ1n) is 15.5. The van der Waals surface area contributed by atoms with Gasteiger partial charge in [-0.3, -0.25) is 4.79 Å². The van der Waals surface area contributed by atoms with Crippen molar-refractivity contribution >= 4 is 29.3 Å². The van der Waals surface area contributed by atoms with Gasteiger partial charge < -0.3 is 29.2 Å². The third-order valence-corrected chi connectivity index (χ3v) is 9.75. The van der Waals surface area contributed by atoms with Crippen molar-refractivity contribution in [2.45, 2.75) is 95.9 Å². The second-order valence-corrected chi connectivity index (χ2v) is 13.7. The predicted molar refractivity (Wildman–Crippen MR) is 156 cm³/mol. The van der Waals surface area contributed by atoms with E-state index in [0.717, 1.165) is 0 Å². The quantitative estimate of drug-likeness (QED) is 0.486. The molecular weight excluding hydrogens is 574 g/mol. The molecule has 2 bridgehead atoms. The number of carbonyl (C=O) groups is 3. The van der Waals surface area contributed by atoms with Crippen molar-refractivity contribution in [3.05, 3.63) is 23.9 Å². The number of aromatic nitrogens is 2. The van der Waals surface area contributed by atoms with Crippen LogP contribution in [0, 0.1) is 23.2 Å². The number of carbonyl (C=O) groups excluding carboxylic acids is 3. The fourth-order valence-electron chi connectivity index (χ4n) is 7.03. The van der Waals surface area contributed by atoms with Crippen LogP contribution in [0.1, 0.15) is 71.4 Å². The lowest BCUT2D eigenvalue weighted by molar-refractivity contribution is -0.139. The van der Waals surface area contributed by atoms with Crippen LogP contribution in [0.25, 0.3) is 11.0 Å². The molecule has 2 unspecified atom stereocenters. The Morgan fingerprint density at radius 2 is 1.91 bits per heavy atom. The lowest BCUT2D eigenvalue weighted by Crippen LogP contribution is -2.56. The molecule has 12 heteroatoms. The maximum absolute atomic E-state index is 15.4. The molecular formula is C32H40F2N4O6. The Morgan fingerprint density at radius 1 is 1.14 bits per heavy atom. The molecule has 0 spiro atoms. The number of nitrogens with one attached hydrogen (secondary N) is 1. The van der Waals surface area contributed by atoms with E-state index >= 15 is 8.78 Å². The van der Waals surface area contributed by atoms with Gasteiger partial charge in [0.05, 0.1) is 36.6 Å². The average Bonchev–Trinajstić information content (AvgIpc) is 3.78. The van der Waals surface area contributed by atoms with E-state index in [-0.39, 0.29) is 36.6 Å². The van der Waals surface area contributed by atoms with Crippen LogP contribution in [-0.2, 0) is 14.3 Å². The van der Waals surface area contributed by atoms with Gasteiger partial charge in [-0.2, -0.15) is 0 Å². The minimum Gasteiger partial charge on any atom is -0.497 e. The fourth-order valence-corrected chi connectivity index (χ4v) is 7.03. The maximum Gasteiger partial charge on any atom is 0.408 e. The van der Waals surface area contributed by atoms with Crippen LogP contribution < -0.4 is 14.8 Å². The molecule has 238 valence electrons. The molecule has 8 atom stereocenters. The molecule has 10 nitrogen and oxygen atoms in total. The largest absolute Gasteiger partial charge is 0.497 e. The summed E-state index contributed by atoms with van der Waals surface area (Å²) in [6, 6.07) is 3.24. The molecule has 2 aliphatic carbocycles. The van der Waals surface area contributed by atoms with Crippen LogP contribution in [0.4, 0.5) is 13.6 Å². The number of hydrogen-bond donors (Lipinski definition) is 1. The van der Waals surface area contributed by atoms with Crippen LogP contribution in [0.2, 0.25) is 0 Å². The SMILES string of the molecule is CC[C@@H]1[C@@H]2CN(C(=O)[C@H](C(C)(C)C)NC(=O)O[C@@H]3C[C@H]3CCCC3C(c4nc5ccc(OC)cc5nc4O2)C3(F)F)[C@@H]1C=O. The lowest BCUT2D eigenvalue weighted by Gasteiger charge is -2.34. The van der Waals surface area contributed by atoms with E-state index in [2.05, 4.69) is 15.3 Å². The first-order valence-corrected chi connectivity index (χ1v) is 15.5. The van der Waals surface area contributed by atoms with Crippen LogP contribution in [0.3, 0.4) is 0 Å². The Morgan fingerprint density at radius 3 is 2.59 bits per heavy atom. The molecule has 0 radical (unpaired) electrons. The van der Waals surface area contributed by atoms with Crippen LogP contribution in [-0.4, -0.2) is 77.0 Å². The van der Waals surface area contributed by atoms with Crippen molar-refractivity contribution in [1.29, 1.82) is 0 Å². The van der Waals surface area contributed by atoms with Gasteiger partial charge in [0.25, 0.3) is 5.92 Å². The monoisotopic (exact) mass is 614 g/mol. The van der Waals surface area contributed by atoms with E-state index in [0.29, 0.717) is 48.8 Å². The van der Waals surface area contributed by atoms with Gasteiger partial charge in [0, 0.05) is 17.9 Å². The van der Waals surface area contributed by atoms with Crippen LogP contribution in [0.15, 0.2) is 18.2 Å². The molecule has 1 saturated heterocycles. The maximum atomic E-state index is 15.4. The highest BCUT2D eigenvalue weighted by Gasteiger charge is 2.70. The van der Waals surface area contributed by atoms with E-state index in [9.17, 15) is 14.4 Å². The van der Waals surface area contributed by atoms with E-state index in [1.54, 1.807) is 18.2 Å². The van der Waals surface area contributed by atoms with Gasteiger partial charge in [-0.05, 0) is 49.1 Å². The number of methoxy groups -OCH3 is 1. The van der Waals surface area contributed by atoms with Gasteiger partial charge in [0.15, 0.2) is 0 Å². The zero-order valence-corrected chi connectivity index (χ0v) is 25.7. The number of hydrogen-bond acceptors (Lipinski definition) is 8. The Labute approximate surface area is 255 Å². The summed E-state index contributed by atoms with van der Waals surface area (Å²) in [6.07, 6.45) is 1.61. The molecule has 2 amide bonds. The lowest BCUT2D eigenvalue weighted by atomic mass is 9.85. The minimum atomic E-state index is -2.98. The molecule has 6 rings (SSSR count). The number of alkyl carbamates (subject to hydrolysis) is 1. The number of benzene rings is 1. The van der Waals surface area contributed by atoms with Gasteiger partial charge in [-0.1, -0.05) is 34.1 Å². The number of aldehydes is 1. The van der Waals surface area contributed by atoms with Crippen molar-refractivity contribution in [2.24, 2.45) is 23.2 Å². The second kappa shape index (κ2) is 11.1. The molecule has 2 saturated carbocycles. The Kier molecular flexibility index (Phi) is 7.68. The van der Waals surface area contributed by atoms with Gasteiger partial charge >= 0.3 is 6.09 Å². The summed E-state index contributed by atoms with van der Waals surface area (Å²) in [6.45, 7) is 7.38. The number of amides is 2. The van der Waals surface area contributed by atoms with Crippen molar-refractivity contribution < 1.29 is 37.4 Å². The van der Waals surface area contributed by atoms with Gasteiger partial charge in [-0.25, -0.2) is 23.5 Å². The molecule has 44 heavy (non-hydrogen) atoms. The first kappa shape index (κ1) is 30.5. The van der Waals surface area contributed by atoms with Crippen molar-refractivity contribution in [1.82, 2.24) is 20.2 Å². The van der Waals surface area contributed by atoms with Gasteiger partial charge in [-0.15, -0.1) is 0 Å². The number of fused-ring (bicyclic) bond motifs is 7. The zero-order valence-electron chi connectivity index (χ0n) is 25.7. The third kappa shape index (κ3) is 5.45. The summed E-state index contributed by atoms with van der Waals surface area (Å²) in [4.78, 5) is 50.2. The summed E-state index contributed by atoms with van der Waals surface area (Å²) in [5, 5.41) is 2.76. The molecule has 3 fully saturated rings. The Hall–Kier alpha value is -3.57. The zero-order chi connectivity index (χ0) is 31.6. The van der Waals surface area contributed by atoms with Crippen LogP contribution >= 0.6 is 0 Å². The second-order valence-electron chi connectivity index (χ2n) is 13.7. The molecule has 1 aromatic heterocycles. The number of rotatable bonds is 3. The summed E-state index contributed by atoms with van der Waals surface area (Å²) >= 11 is 0. The third-order valence-electron chi connectivity index (χ3n) is 9.75. The molecule has 1 aromatic carbocycles. The molecule has 4 aliphatic rings. The normalized spacial score (nSPS) is 33.4. The van der Waals surface area contributed by atoms with Gasteiger partial charge in [0.1, 0.15) is 36.0 Å². The van der Waals surface area contributed by atoms with E-state index < -0.39 is 59.3 Å². The predicted octanol–water partition coefficient (Wildman–Crippen LogP) is 4.88. The van der Waals surface area contributed by atoms with Crippen molar-refractivity contribution in [2.75, 3.05) is 13.7 Å². The van der Waals surface area contributed by atoms with E-state index in [1.807, 2.05) is 27.7 Å². The summed E-state index contributed by atoms with van der Waals surface area (Å²) in [5.74, 6) is -5.34. The number of ether oxygens (including phenoxy) is 3. The molecule has 2 aromatic rings. The van der Waals surface area contributed by atoms with Crippen molar-refractivity contribution in [3.8, 4) is 11.6 Å². The fraction of sp³-hybridized carbons (Fsp3) is 0.656. The topological polar surface area (TPSA) is 120 Å². The van der Waals surface area contributed by atoms with E-state index in [4.69, 9.17) is 14.2 Å². The van der Waals surface area contributed by atoms with Gasteiger partial charge in [0.2, 0.25) is 11.8 Å². The first-order chi connectivity index (χ1) is 20.9. The minimum absolute atomic E-state index is 0.0104. The standard InChI is InChI=1S/C32H40F2N4O6/c1-6-18-22(15-39)38-14-24(18)43-28-26(35-20-11-10-17(42-5)13-21(20)36-28)25-19(32(25,33)34)9-7-8-16-12-23(16)44-30(41)37-27(29(38)40)31(2,3)4/h10-11,13,15-16,18-19,22-25,27H,6-9,12,14H2,1-5H3,(H,37,41)/t16-,18+,19?,22-,23-,24+,25?,27-/m1/s1. The number of alkyl halides is 2. The molecule has 3 heterocycles. The highest BCUT2D eigenvalue weighted by atomic mass is 19.3. The summed E-state index contributed by atoms with van der Waals surface area (Å²) in [5.41, 5.74) is 0.261. The Bertz CT molecular complexity index is 1460. The molecule has 2 aliphatic heterocycles. The highest BCUT2D eigenvalue weighted by Crippen LogP contribution is 2.64. The van der Waals surface area contributed by atoms with E-state index in [1.165, 1.54) is 12.0 Å². The van der Waals surface area contributed by atoms with Crippen LogP contribution in [0.5, 0.6) is 11.6 Å². The van der Waals surface area contributed by atoms with Crippen molar-refractivity contribution in [3.63, 3.8) is 0 Å². The average molecular weight is 615 g/mol. The molecule has 1 N–H and O–H groups in total. The number of halogens is 2. The number of nitrogens with zero attached hydrogens (tertiary/aromatic N) is 3. The Balaban J connectivity index is 1.42.